The van der Waals surface area contributed by atoms with E-state index in [1.54, 1.807) is 39.8 Å². The summed E-state index contributed by atoms with van der Waals surface area (Å²) >= 11 is 0. The molecule has 0 bridgehead atoms. The summed E-state index contributed by atoms with van der Waals surface area (Å²) in [5.74, 6) is -1.81. The van der Waals surface area contributed by atoms with Crippen LogP contribution in [0.1, 0.15) is 70.4 Å². The normalized spacial score (nSPS) is 15.9. The molecule has 1 aromatic carbocycles. The van der Waals surface area contributed by atoms with E-state index < -0.39 is 23.5 Å². The second-order valence-corrected chi connectivity index (χ2v) is 12.7. The fourth-order valence-corrected chi connectivity index (χ4v) is 5.25. The van der Waals surface area contributed by atoms with E-state index in [0.29, 0.717) is 54.1 Å². The number of rotatable bonds is 9. The number of nitrogen functional groups attached to an aromatic ring is 1. The molecule has 3 aromatic rings. The Morgan fingerprint density at radius 3 is 2.40 bits per heavy atom. The molecule has 10 heteroatoms. The Morgan fingerprint density at radius 1 is 1.19 bits per heavy atom. The summed E-state index contributed by atoms with van der Waals surface area (Å²) < 4.78 is 34.7. The molecule has 1 aliphatic heterocycles. The van der Waals surface area contributed by atoms with Crippen LogP contribution in [0.5, 0.6) is 0 Å². The van der Waals surface area contributed by atoms with Crippen LogP contribution in [-0.4, -0.2) is 46.3 Å². The van der Waals surface area contributed by atoms with Gasteiger partial charge >= 0.3 is 5.97 Å². The number of piperidine rings is 1. The molecule has 1 aliphatic rings. The molecule has 0 amide bonds. The molecule has 4 rings (SSSR count). The van der Waals surface area contributed by atoms with Gasteiger partial charge in [0.25, 0.3) is 0 Å². The van der Waals surface area contributed by atoms with Gasteiger partial charge in [0.2, 0.25) is 0 Å². The maximum atomic E-state index is 15.4. The Labute approximate surface area is 246 Å². The van der Waals surface area contributed by atoms with Crippen molar-refractivity contribution in [2.45, 2.75) is 72.5 Å². The Hall–Kier alpha value is -3.79. The lowest BCUT2D eigenvalue weighted by Crippen LogP contribution is -2.39. The summed E-state index contributed by atoms with van der Waals surface area (Å²) in [4.78, 5) is 23.6. The molecule has 8 nitrogen and oxygen atoms in total. The molecule has 4 N–H and O–H groups in total. The van der Waals surface area contributed by atoms with Gasteiger partial charge in [0.1, 0.15) is 11.6 Å². The van der Waals surface area contributed by atoms with Crippen molar-refractivity contribution in [2.24, 2.45) is 5.41 Å². The first-order chi connectivity index (χ1) is 19.6. The average Bonchev–Trinajstić information content (AvgIpc) is 2.89. The predicted molar refractivity (Wildman–Crippen MR) is 162 cm³/mol. The predicted octanol–water partition coefficient (Wildman–Crippen LogP) is 6.53. The summed E-state index contributed by atoms with van der Waals surface area (Å²) in [6, 6.07) is 7.49. The molecule has 1 saturated heterocycles. The number of anilines is 3. The van der Waals surface area contributed by atoms with Gasteiger partial charge in [-0.15, -0.1) is 0 Å². The van der Waals surface area contributed by atoms with E-state index in [1.807, 2.05) is 0 Å². The van der Waals surface area contributed by atoms with Crippen LogP contribution in [0.25, 0.3) is 11.1 Å². The lowest BCUT2D eigenvalue weighted by molar-refractivity contribution is -0.160. The molecule has 0 saturated carbocycles. The van der Waals surface area contributed by atoms with Gasteiger partial charge in [-0.05, 0) is 76.1 Å². The zero-order chi connectivity index (χ0) is 30.8. The maximum Gasteiger partial charge on any atom is 0.337 e. The van der Waals surface area contributed by atoms with Crippen molar-refractivity contribution in [3.8, 4) is 11.1 Å². The number of hydrogen-bond donors (Lipinski definition) is 3. The quantitative estimate of drug-likeness (QED) is 0.261. The Balaban J connectivity index is 1.76. The van der Waals surface area contributed by atoms with E-state index in [0.717, 1.165) is 18.4 Å². The summed E-state index contributed by atoms with van der Waals surface area (Å²) in [5.41, 5.74) is 9.06. The number of nitrogens with zero attached hydrogens (tertiary/aromatic N) is 3. The van der Waals surface area contributed by atoms with Crippen molar-refractivity contribution < 1.29 is 23.4 Å². The first kappa shape index (κ1) is 31.2. The van der Waals surface area contributed by atoms with Crippen LogP contribution in [0.4, 0.5) is 26.1 Å². The highest BCUT2D eigenvalue weighted by Crippen LogP contribution is 2.45. The average molecular weight is 582 g/mol. The van der Waals surface area contributed by atoms with Crippen molar-refractivity contribution in [3.05, 3.63) is 65.0 Å². The van der Waals surface area contributed by atoms with Gasteiger partial charge in [0, 0.05) is 48.2 Å². The number of aromatic nitrogens is 2. The SMILES string of the molecule is Cc1nc(N)c(-c2cnc(NCCc3ccc(F)cc3)c(F)c2)c(N2CCC(C)(C)CC2)c1[C@H](OC(C)(C)C)C(=O)O. The summed E-state index contributed by atoms with van der Waals surface area (Å²) in [7, 11) is 0. The first-order valence-electron chi connectivity index (χ1n) is 14.2. The second-order valence-electron chi connectivity index (χ2n) is 12.7. The minimum Gasteiger partial charge on any atom is -0.479 e. The number of aliphatic carboxylic acids is 1. The summed E-state index contributed by atoms with van der Waals surface area (Å²) in [6.07, 6.45) is 2.53. The Bertz CT molecular complexity index is 1430. The number of carbonyl (C=O) groups is 1. The van der Waals surface area contributed by atoms with Gasteiger partial charge in [0.15, 0.2) is 17.7 Å². The number of ether oxygens (including phenoxy) is 1. The van der Waals surface area contributed by atoms with Crippen molar-refractivity contribution in [1.29, 1.82) is 0 Å². The summed E-state index contributed by atoms with van der Waals surface area (Å²) in [6.45, 7) is 13.3. The van der Waals surface area contributed by atoms with Gasteiger partial charge in [-0.2, -0.15) is 0 Å². The van der Waals surface area contributed by atoms with Crippen LogP contribution in [0.2, 0.25) is 0 Å². The fraction of sp³-hybridized carbons (Fsp3) is 0.469. The number of halogens is 2. The number of benzene rings is 1. The standard InChI is InChI=1S/C32H41F2N5O3/c1-19-24(27(30(40)41)42-31(2,3)4)26(39-15-12-32(5,6)13-16-39)25(28(35)38-19)21-17-23(34)29(37-18-21)36-14-11-20-7-9-22(33)10-8-20/h7-10,17-18,27H,11-16H2,1-6H3,(H2,35,38)(H,36,37)(H,40,41)/t27-/m0/s1. The highest BCUT2D eigenvalue weighted by molar-refractivity contribution is 5.91. The van der Waals surface area contributed by atoms with Gasteiger partial charge < -0.3 is 25.8 Å². The monoisotopic (exact) mass is 581 g/mol. The van der Waals surface area contributed by atoms with Crippen molar-refractivity contribution in [3.63, 3.8) is 0 Å². The number of nitrogens with two attached hydrogens (primary N) is 1. The van der Waals surface area contributed by atoms with E-state index in [1.165, 1.54) is 24.4 Å². The molecule has 3 heterocycles. The minimum absolute atomic E-state index is 0.0699. The molecule has 0 radical (unpaired) electrons. The molecule has 2 aromatic heterocycles. The molecule has 1 fully saturated rings. The Morgan fingerprint density at radius 2 is 1.83 bits per heavy atom. The zero-order valence-electron chi connectivity index (χ0n) is 25.2. The minimum atomic E-state index is -1.31. The Kier molecular flexibility index (Phi) is 9.06. The van der Waals surface area contributed by atoms with Gasteiger partial charge in [-0.3, -0.25) is 0 Å². The molecule has 0 unspecified atom stereocenters. The third-order valence-corrected chi connectivity index (χ3v) is 7.57. The number of aryl methyl sites for hydroxylation is 1. The van der Waals surface area contributed by atoms with Gasteiger partial charge in [-0.25, -0.2) is 23.5 Å². The van der Waals surface area contributed by atoms with Gasteiger partial charge in [-0.1, -0.05) is 26.0 Å². The summed E-state index contributed by atoms with van der Waals surface area (Å²) in [5, 5.41) is 13.3. The van der Waals surface area contributed by atoms with Crippen molar-refractivity contribution >= 4 is 23.3 Å². The van der Waals surface area contributed by atoms with Crippen LogP contribution < -0.4 is 16.0 Å². The third kappa shape index (κ3) is 7.34. The topological polar surface area (TPSA) is 114 Å². The van der Waals surface area contributed by atoms with Crippen LogP contribution in [-0.2, 0) is 16.0 Å². The molecule has 226 valence electrons. The number of carboxylic acid groups (broad SMARTS) is 1. The number of nitrogens with one attached hydrogen (secondary N) is 1. The molecule has 0 spiro atoms. The molecule has 1 atom stereocenters. The zero-order valence-corrected chi connectivity index (χ0v) is 25.2. The van der Waals surface area contributed by atoms with Crippen molar-refractivity contribution in [2.75, 3.05) is 35.6 Å². The molecule has 42 heavy (non-hydrogen) atoms. The highest BCUT2D eigenvalue weighted by atomic mass is 19.1. The van der Waals surface area contributed by atoms with Crippen LogP contribution >= 0.6 is 0 Å². The maximum absolute atomic E-state index is 15.4. The smallest absolute Gasteiger partial charge is 0.337 e. The fourth-order valence-electron chi connectivity index (χ4n) is 5.25. The second kappa shape index (κ2) is 12.2. The molecular weight excluding hydrogens is 540 g/mol. The van der Waals surface area contributed by atoms with E-state index in [-0.39, 0.29) is 22.9 Å². The number of carboxylic acids is 1. The van der Waals surface area contributed by atoms with E-state index in [4.69, 9.17) is 10.5 Å². The van der Waals surface area contributed by atoms with Crippen molar-refractivity contribution in [1.82, 2.24) is 9.97 Å². The number of pyridine rings is 2. The number of hydrogen-bond acceptors (Lipinski definition) is 7. The van der Waals surface area contributed by atoms with Crippen LogP contribution in [0.15, 0.2) is 36.5 Å². The lowest BCUT2D eigenvalue weighted by Gasteiger charge is -2.41. The molecule has 0 aliphatic carbocycles. The first-order valence-corrected chi connectivity index (χ1v) is 14.2. The largest absolute Gasteiger partial charge is 0.479 e. The highest BCUT2D eigenvalue weighted by Gasteiger charge is 2.37. The van der Waals surface area contributed by atoms with Crippen LogP contribution in [0, 0.1) is 24.0 Å². The van der Waals surface area contributed by atoms with E-state index >= 15 is 4.39 Å². The van der Waals surface area contributed by atoms with Gasteiger partial charge in [0.05, 0.1) is 11.3 Å². The van der Waals surface area contributed by atoms with Crippen LogP contribution in [0.3, 0.4) is 0 Å². The van der Waals surface area contributed by atoms with E-state index in [2.05, 4.69) is 34.0 Å². The van der Waals surface area contributed by atoms with E-state index in [9.17, 15) is 14.3 Å². The lowest BCUT2D eigenvalue weighted by atomic mass is 9.82. The molecular formula is C32H41F2N5O3. The third-order valence-electron chi connectivity index (χ3n) is 7.57.